The second kappa shape index (κ2) is 12.1. The lowest BCUT2D eigenvalue weighted by atomic mass is 9.83. The van der Waals surface area contributed by atoms with Crippen LogP contribution in [-0.4, -0.2) is 48.5 Å². The van der Waals surface area contributed by atoms with Crippen LogP contribution in [-0.2, 0) is 4.79 Å². The summed E-state index contributed by atoms with van der Waals surface area (Å²) in [6, 6.07) is 8.54. The van der Waals surface area contributed by atoms with E-state index in [-0.39, 0.29) is 35.8 Å². The lowest BCUT2D eigenvalue weighted by Crippen LogP contribution is -2.50. The molecular formula is C30H40N4O4. The summed E-state index contributed by atoms with van der Waals surface area (Å²) in [6.45, 7) is 0. The fourth-order valence-corrected chi connectivity index (χ4v) is 6.92. The van der Waals surface area contributed by atoms with Crippen molar-refractivity contribution in [2.45, 2.75) is 114 Å². The molecule has 2 N–H and O–H groups in total. The van der Waals surface area contributed by atoms with E-state index >= 15 is 0 Å². The smallest absolute Gasteiger partial charge is 0.303 e. The molecule has 8 heteroatoms. The highest BCUT2D eigenvalue weighted by Gasteiger charge is 2.38. The largest absolute Gasteiger partial charge is 0.481 e. The maximum atomic E-state index is 13.9. The molecule has 2 aromatic rings. The number of fused-ring (bicyclic) bond motifs is 3. The summed E-state index contributed by atoms with van der Waals surface area (Å²) < 4.78 is 1.85. The molecular weight excluding hydrogens is 480 g/mol. The van der Waals surface area contributed by atoms with Crippen LogP contribution in [0, 0.1) is 0 Å². The molecule has 1 saturated heterocycles. The molecule has 0 amide bonds. The van der Waals surface area contributed by atoms with Crippen LogP contribution < -0.4 is 5.56 Å². The highest BCUT2D eigenvalue weighted by molar-refractivity contribution is 6.00. The number of para-hydroxylation sites is 2. The Kier molecular flexibility index (Phi) is 8.45. The van der Waals surface area contributed by atoms with Gasteiger partial charge >= 0.3 is 5.97 Å². The predicted molar refractivity (Wildman–Crippen MR) is 148 cm³/mol. The van der Waals surface area contributed by atoms with Gasteiger partial charge in [0.2, 0.25) is 0 Å². The van der Waals surface area contributed by atoms with Crippen molar-refractivity contribution in [3.05, 3.63) is 52.1 Å². The predicted octanol–water partition coefficient (Wildman–Crippen LogP) is 6.02. The molecule has 2 atom stereocenters. The number of aromatic nitrogens is 2. The van der Waals surface area contributed by atoms with Crippen molar-refractivity contribution in [1.82, 2.24) is 14.5 Å². The molecule has 2 aliphatic heterocycles. The number of piperidine rings is 1. The molecule has 1 unspecified atom stereocenters. The number of hydrogen-bond donors (Lipinski definition) is 2. The summed E-state index contributed by atoms with van der Waals surface area (Å²) in [5.74, 6) is -1.01. The molecule has 1 aliphatic carbocycles. The van der Waals surface area contributed by atoms with E-state index in [1.54, 1.807) is 0 Å². The zero-order valence-electron chi connectivity index (χ0n) is 22.2. The average Bonchev–Trinajstić information content (AvgIpc) is 2.91. The van der Waals surface area contributed by atoms with Gasteiger partial charge in [-0.25, -0.2) is 4.98 Å². The molecule has 2 fully saturated rings. The zero-order valence-corrected chi connectivity index (χ0v) is 22.2. The van der Waals surface area contributed by atoms with Gasteiger partial charge in [0.05, 0.1) is 17.5 Å². The van der Waals surface area contributed by atoms with Crippen LogP contribution >= 0.6 is 0 Å². The number of rotatable bonds is 6. The van der Waals surface area contributed by atoms with Crippen molar-refractivity contribution >= 4 is 22.7 Å². The lowest BCUT2D eigenvalue weighted by Gasteiger charge is -2.50. The van der Waals surface area contributed by atoms with E-state index in [2.05, 4.69) is 21.1 Å². The Hall–Kier alpha value is -3.16. The SMILES string of the molecule is O=C(O)CC/C(=N\O)c1nc2ccccc2n(C2CC3=CCC[C@H](C2)N3C2CCCCCCCCC2)c1=O. The van der Waals surface area contributed by atoms with Crippen molar-refractivity contribution in [3.8, 4) is 0 Å². The highest BCUT2D eigenvalue weighted by atomic mass is 16.4. The van der Waals surface area contributed by atoms with E-state index in [0.29, 0.717) is 17.6 Å². The van der Waals surface area contributed by atoms with Crippen LogP contribution in [0.1, 0.15) is 108 Å². The number of hydrogen-bond acceptors (Lipinski definition) is 6. The van der Waals surface area contributed by atoms with Crippen molar-refractivity contribution < 1.29 is 15.1 Å². The van der Waals surface area contributed by atoms with Crippen LogP contribution in [0.2, 0.25) is 0 Å². The van der Waals surface area contributed by atoms with Gasteiger partial charge in [0.15, 0.2) is 5.69 Å². The van der Waals surface area contributed by atoms with Gasteiger partial charge in [-0.1, -0.05) is 68.3 Å². The molecule has 1 aromatic heterocycles. The number of aliphatic carboxylic acids is 1. The molecule has 5 rings (SSSR count). The van der Waals surface area contributed by atoms with Crippen LogP contribution in [0.25, 0.3) is 11.0 Å². The van der Waals surface area contributed by atoms with E-state index < -0.39 is 5.97 Å². The third-order valence-electron chi connectivity index (χ3n) is 8.69. The van der Waals surface area contributed by atoms with Gasteiger partial charge in [-0.15, -0.1) is 0 Å². The number of oxime groups is 1. The Labute approximate surface area is 224 Å². The Morgan fingerprint density at radius 2 is 1.66 bits per heavy atom. The molecule has 0 radical (unpaired) electrons. The quantitative estimate of drug-likeness (QED) is 0.274. The van der Waals surface area contributed by atoms with Gasteiger partial charge in [0.25, 0.3) is 5.56 Å². The fourth-order valence-electron chi connectivity index (χ4n) is 6.92. The van der Waals surface area contributed by atoms with Gasteiger partial charge in [0, 0.05) is 36.7 Å². The summed E-state index contributed by atoms with van der Waals surface area (Å²) in [5, 5.41) is 22.1. The molecule has 3 aliphatic rings. The minimum atomic E-state index is -1.01. The first-order valence-corrected chi connectivity index (χ1v) is 14.5. The summed E-state index contributed by atoms with van der Waals surface area (Å²) >= 11 is 0. The molecule has 3 heterocycles. The Morgan fingerprint density at radius 1 is 0.947 bits per heavy atom. The molecule has 1 aromatic carbocycles. The van der Waals surface area contributed by atoms with Gasteiger partial charge < -0.3 is 19.8 Å². The summed E-state index contributed by atoms with van der Waals surface area (Å²) in [6.07, 6.45) is 17.8. The van der Waals surface area contributed by atoms with Gasteiger partial charge in [-0.2, -0.15) is 0 Å². The molecule has 1 saturated carbocycles. The maximum absolute atomic E-state index is 13.9. The van der Waals surface area contributed by atoms with E-state index in [1.165, 1.54) is 63.5 Å². The van der Waals surface area contributed by atoms with E-state index in [4.69, 9.17) is 5.11 Å². The molecule has 8 nitrogen and oxygen atoms in total. The summed E-state index contributed by atoms with van der Waals surface area (Å²) in [7, 11) is 0. The number of carbonyl (C=O) groups is 1. The first-order chi connectivity index (χ1) is 18.6. The number of benzene rings is 1. The maximum Gasteiger partial charge on any atom is 0.303 e. The van der Waals surface area contributed by atoms with E-state index in [1.807, 2.05) is 28.8 Å². The van der Waals surface area contributed by atoms with Gasteiger partial charge in [0.1, 0.15) is 5.71 Å². The van der Waals surface area contributed by atoms with Crippen LogP contribution in [0.3, 0.4) is 0 Å². The third kappa shape index (κ3) is 5.64. The van der Waals surface area contributed by atoms with Crippen LogP contribution in [0.15, 0.2) is 46.0 Å². The zero-order chi connectivity index (χ0) is 26.5. The highest BCUT2D eigenvalue weighted by Crippen LogP contribution is 2.42. The first-order valence-electron chi connectivity index (χ1n) is 14.5. The van der Waals surface area contributed by atoms with Gasteiger partial charge in [-0.05, 0) is 44.2 Å². The van der Waals surface area contributed by atoms with Crippen molar-refractivity contribution in [3.63, 3.8) is 0 Å². The Morgan fingerprint density at radius 3 is 2.34 bits per heavy atom. The normalized spacial score (nSPS) is 23.7. The summed E-state index contributed by atoms with van der Waals surface area (Å²) in [4.78, 5) is 32.3. The monoisotopic (exact) mass is 520 g/mol. The fraction of sp³-hybridized carbons (Fsp3) is 0.600. The number of allylic oxidation sites excluding steroid dienone is 2. The van der Waals surface area contributed by atoms with Crippen molar-refractivity contribution in [2.75, 3.05) is 0 Å². The second-order valence-corrected chi connectivity index (χ2v) is 11.2. The number of nitrogens with zero attached hydrogens (tertiary/aromatic N) is 4. The first kappa shape index (κ1) is 26.4. The topological polar surface area (TPSA) is 108 Å². The lowest BCUT2D eigenvalue weighted by molar-refractivity contribution is -0.136. The van der Waals surface area contributed by atoms with Crippen molar-refractivity contribution in [1.29, 1.82) is 0 Å². The standard InChI is InChI=1S/C30H40N4O4/c35-28(36)18-17-26(32-38)29-30(37)34(27-16-9-8-15-25(27)31-29)24-19-22-13-10-14-23(20-24)33(22)21-11-6-4-2-1-3-5-7-12-21/h8-9,13,15-16,21,23-24,38H,1-7,10-12,14,17-20H2,(H,35,36)/b32-26+/t23-,24?/m1/s1. The van der Waals surface area contributed by atoms with Crippen LogP contribution in [0.5, 0.6) is 0 Å². The average molecular weight is 521 g/mol. The summed E-state index contributed by atoms with van der Waals surface area (Å²) in [5.41, 5.74) is 2.55. The molecule has 204 valence electrons. The molecule has 38 heavy (non-hydrogen) atoms. The Balaban J connectivity index is 1.48. The minimum absolute atomic E-state index is 0.0234. The number of carboxylic acids is 1. The van der Waals surface area contributed by atoms with E-state index in [0.717, 1.165) is 31.2 Å². The van der Waals surface area contributed by atoms with Gasteiger partial charge in [-0.3, -0.25) is 9.59 Å². The van der Waals surface area contributed by atoms with E-state index in [9.17, 15) is 14.8 Å². The van der Waals surface area contributed by atoms with Crippen LogP contribution in [0.4, 0.5) is 0 Å². The third-order valence-corrected chi connectivity index (χ3v) is 8.69. The Bertz CT molecular complexity index is 1260. The molecule has 2 bridgehead atoms. The second-order valence-electron chi connectivity index (χ2n) is 11.2. The minimum Gasteiger partial charge on any atom is -0.481 e. The van der Waals surface area contributed by atoms with Crippen molar-refractivity contribution in [2.24, 2.45) is 5.16 Å². The molecule has 0 spiro atoms. The number of carboxylic acid groups (broad SMARTS) is 1.